The lowest BCUT2D eigenvalue weighted by atomic mass is 10.1. The van der Waals surface area contributed by atoms with Crippen molar-refractivity contribution >= 4 is 52.0 Å². The van der Waals surface area contributed by atoms with E-state index in [1.54, 1.807) is 22.6 Å². The van der Waals surface area contributed by atoms with Gasteiger partial charge in [0.05, 0.1) is 21.5 Å². The molecule has 0 radical (unpaired) electrons. The molecule has 0 saturated carbocycles. The van der Waals surface area contributed by atoms with Crippen molar-refractivity contribution in [2.45, 2.75) is 12.8 Å². The van der Waals surface area contributed by atoms with Gasteiger partial charge >= 0.3 is 11.7 Å². The number of benzene rings is 1. The molecule has 0 aliphatic heterocycles. The Hall–Kier alpha value is -2.97. The summed E-state index contributed by atoms with van der Waals surface area (Å²) in [6.07, 6.45) is -0.304. The van der Waals surface area contributed by atoms with Crippen LogP contribution in [0.5, 0.6) is 5.75 Å². The Morgan fingerprint density at radius 3 is 2.29 bits per heavy atom. The number of carbonyl (C=O) groups is 4. The standard InChI is InChI=1S/C15H17IN4O8/c16-9-3-8(4-10(15(9)26)20(27)28)5-12(22)17-2-1-11(21)18-6-13(23)19-7-14(24)25/h3-4,26H,1-2,5-7H2,(H,17,22)(H,18,21)(H,19,23)(H,24,25). The SMILES string of the molecule is O=C(O)CNC(=O)CNC(=O)CCNC(=O)Cc1cc(I)c(O)c([N+](=O)[O-])c1. The fraction of sp³-hybridized carbons (Fsp3) is 0.333. The van der Waals surface area contributed by atoms with Crippen LogP contribution in [0.15, 0.2) is 12.1 Å². The molecule has 0 aliphatic rings. The summed E-state index contributed by atoms with van der Waals surface area (Å²) < 4.78 is 0.232. The van der Waals surface area contributed by atoms with E-state index in [2.05, 4.69) is 16.0 Å². The number of nitro benzene ring substituents is 1. The molecule has 0 unspecified atom stereocenters. The average molecular weight is 508 g/mol. The molecule has 0 heterocycles. The van der Waals surface area contributed by atoms with Crippen molar-refractivity contribution in [1.29, 1.82) is 0 Å². The number of phenolic OH excluding ortho intramolecular Hbond substituents is 1. The number of hydrogen-bond donors (Lipinski definition) is 5. The first kappa shape index (κ1) is 23.1. The summed E-state index contributed by atoms with van der Waals surface area (Å²) in [6, 6.07) is 2.53. The lowest BCUT2D eigenvalue weighted by Gasteiger charge is -2.08. The zero-order valence-electron chi connectivity index (χ0n) is 14.4. The summed E-state index contributed by atoms with van der Waals surface area (Å²) >= 11 is 1.71. The molecular weight excluding hydrogens is 491 g/mol. The molecule has 0 atom stereocenters. The number of carboxylic acid groups (broad SMARTS) is 1. The van der Waals surface area contributed by atoms with Crippen LogP contribution in [0.1, 0.15) is 12.0 Å². The molecule has 12 nitrogen and oxygen atoms in total. The zero-order valence-corrected chi connectivity index (χ0v) is 16.5. The lowest BCUT2D eigenvalue weighted by Crippen LogP contribution is -2.40. The molecule has 0 saturated heterocycles. The van der Waals surface area contributed by atoms with Gasteiger partial charge in [0.15, 0.2) is 0 Å². The second kappa shape index (κ2) is 11.0. The summed E-state index contributed by atoms with van der Waals surface area (Å²) in [5.41, 5.74) is -0.179. The molecule has 5 N–H and O–H groups in total. The van der Waals surface area contributed by atoms with Crippen LogP contribution in [-0.2, 0) is 25.6 Å². The summed E-state index contributed by atoms with van der Waals surface area (Å²) in [4.78, 5) is 55.1. The first-order chi connectivity index (χ1) is 13.1. The van der Waals surface area contributed by atoms with Crippen molar-refractivity contribution in [3.8, 4) is 5.75 Å². The van der Waals surface area contributed by atoms with Crippen LogP contribution < -0.4 is 16.0 Å². The van der Waals surface area contributed by atoms with E-state index in [9.17, 15) is 34.4 Å². The van der Waals surface area contributed by atoms with Crippen LogP contribution in [0.25, 0.3) is 0 Å². The first-order valence-electron chi connectivity index (χ1n) is 7.77. The predicted molar refractivity (Wildman–Crippen MR) is 102 cm³/mol. The van der Waals surface area contributed by atoms with Crippen molar-refractivity contribution in [3.05, 3.63) is 31.4 Å². The molecule has 0 fully saturated rings. The van der Waals surface area contributed by atoms with E-state index >= 15 is 0 Å². The van der Waals surface area contributed by atoms with Crippen LogP contribution in [0, 0.1) is 13.7 Å². The van der Waals surface area contributed by atoms with Gasteiger partial charge in [-0.2, -0.15) is 0 Å². The number of halogens is 1. The highest BCUT2D eigenvalue weighted by atomic mass is 127. The average Bonchev–Trinajstić information content (AvgIpc) is 2.60. The third-order valence-corrected chi connectivity index (χ3v) is 4.04. The van der Waals surface area contributed by atoms with Gasteiger partial charge in [-0.05, 0) is 34.2 Å². The number of rotatable bonds is 10. The minimum absolute atomic E-state index is 0.0291. The van der Waals surface area contributed by atoms with Crippen LogP contribution in [0.3, 0.4) is 0 Å². The maximum atomic E-state index is 11.9. The van der Waals surface area contributed by atoms with Gasteiger partial charge in [0.1, 0.15) is 6.54 Å². The van der Waals surface area contributed by atoms with Crippen LogP contribution in [0.4, 0.5) is 5.69 Å². The lowest BCUT2D eigenvalue weighted by molar-refractivity contribution is -0.386. The number of carboxylic acids is 1. The van der Waals surface area contributed by atoms with Crippen molar-refractivity contribution in [2.24, 2.45) is 0 Å². The number of aromatic hydroxyl groups is 1. The van der Waals surface area contributed by atoms with Gasteiger partial charge in [-0.3, -0.25) is 29.3 Å². The number of hydrogen-bond acceptors (Lipinski definition) is 7. The van der Waals surface area contributed by atoms with Gasteiger partial charge < -0.3 is 26.2 Å². The molecule has 0 aliphatic carbocycles. The second-order valence-electron chi connectivity index (χ2n) is 5.43. The summed E-state index contributed by atoms with van der Waals surface area (Å²) in [7, 11) is 0. The molecule has 152 valence electrons. The summed E-state index contributed by atoms with van der Waals surface area (Å²) in [5, 5.41) is 35.7. The fourth-order valence-corrected chi connectivity index (χ4v) is 2.62. The Morgan fingerprint density at radius 1 is 1.04 bits per heavy atom. The van der Waals surface area contributed by atoms with Gasteiger partial charge in [0.2, 0.25) is 23.5 Å². The van der Waals surface area contributed by atoms with E-state index in [4.69, 9.17) is 5.11 Å². The minimum Gasteiger partial charge on any atom is -0.501 e. The predicted octanol–water partition coefficient (Wildman–Crippen LogP) is -0.729. The number of carbonyl (C=O) groups excluding carboxylic acids is 3. The molecular formula is C15H17IN4O8. The third-order valence-electron chi connectivity index (χ3n) is 3.22. The van der Waals surface area contributed by atoms with E-state index < -0.39 is 53.1 Å². The van der Waals surface area contributed by atoms with Gasteiger partial charge in [-0.25, -0.2) is 0 Å². The van der Waals surface area contributed by atoms with Crippen LogP contribution in [0.2, 0.25) is 0 Å². The topological polar surface area (TPSA) is 188 Å². The second-order valence-corrected chi connectivity index (χ2v) is 6.59. The highest BCUT2D eigenvalue weighted by Gasteiger charge is 2.19. The Morgan fingerprint density at radius 2 is 1.68 bits per heavy atom. The molecule has 3 amide bonds. The van der Waals surface area contributed by atoms with Crippen molar-refractivity contribution < 1.29 is 34.3 Å². The number of nitrogens with zero attached hydrogens (tertiary/aromatic N) is 1. The Labute approximate surface area is 172 Å². The Balaban J connectivity index is 2.39. The quantitative estimate of drug-likeness (QED) is 0.155. The number of amides is 3. The Kier molecular flexibility index (Phi) is 9.07. The normalized spacial score (nSPS) is 10.0. The summed E-state index contributed by atoms with van der Waals surface area (Å²) in [6.45, 7) is -0.979. The maximum absolute atomic E-state index is 11.9. The maximum Gasteiger partial charge on any atom is 0.322 e. The fourth-order valence-electron chi connectivity index (χ4n) is 1.95. The van der Waals surface area contributed by atoms with E-state index in [1.807, 2.05) is 0 Å². The van der Waals surface area contributed by atoms with Crippen molar-refractivity contribution in [2.75, 3.05) is 19.6 Å². The molecule has 0 aromatic heterocycles. The van der Waals surface area contributed by atoms with E-state index in [1.165, 1.54) is 6.07 Å². The van der Waals surface area contributed by atoms with Crippen molar-refractivity contribution in [3.63, 3.8) is 0 Å². The van der Waals surface area contributed by atoms with E-state index in [0.29, 0.717) is 5.56 Å². The minimum atomic E-state index is -1.21. The number of nitrogens with one attached hydrogen (secondary N) is 3. The molecule has 13 heteroatoms. The van der Waals surface area contributed by atoms with Gasteiger partial charge in [0.25, 0.3) is 0 Å². The molecule has 1 aromatic rings. The first-order valence-corrected chi connectivity index (χ1v) is 8.85. The zero-order chi connectivity index (χ0) is 21.3. The van der Waals surface area contributed by atoms with E-state index in [-0.39, 0.29) is 23.0 Å². The van der Waals surface area contributed by atoms with Gasteiger partial charge in [-0.15, -0.1) is 0 Å². The summed E-state index contributed by atoms with van der Waals surface area (Å²) in [5.74, 6) is -3.36. The largest absolute Gasteiger partial charge is 0.501 e. The molecule has 1 rings (SSSR count). The van der Waals surface area contributed by atoms with Gasteiger partial charge in [-0.1, -0.05) is 0 Å². The molecule has 1 aromatic carbocycles. The number of nitro groups is 1. The highest BCUT2D eigenvalue weighted by molar-refractivity contribution is 14.1. The van der Waals surface area contributed by atoms with Crippen LogP contribution in [-0.4, -0.2) is 58.5 Å². The molecule has 28 heavy (non-hydrogen) atoms. The molecule has 0 spiro atoms. The highest BCUT2D eigenvalue weighted by Crippen LogP contribution is 2.32. The number of aliphatic carboxylic acids is 1. The van der Waals surface area contributed by atoms with Crippen LogP contribution >= 0.6 is 22.6 Å². The van der Waals surface area contributed by atoms with Gasteiger partial charge in [0, 0.05) is 19.0 Å². The number of phenols is 1. The Bertz CT molecular complexity index is 798. The van der Waals surface area contributed by atoms with Crippen molar-refractivity contribution in [1.82, 2.24) is 16.0 Å². The monoisotopic (exact) mass is 508 g/mol. The third kappa shape index (κ3) is 8.15. The van der Waals surface area contributed by atoms with E-state index in [0.717, 1.165) is 6.07 Å². The smallest absolute Gasteiger partial charge is 0.322 e. The molecule has 0 bridgehead atoms.